The summed E-state index contributed by atoms with van der Waals surface area (Å²) in [5.41, 5.74) is 0.669. The van der Waals surface area contributed by atoms with Crippen molar-refractivity contribution < 1.29 is 19.6 Å². The number of esters is 1. The highest BCUT2D eigenvalue weighted by molar-refractivity contribution is 6.33. The molecule has 1 saturated heterocycles. The van der Waals surface area contributed by atoms with Crippen LogP contribution in [0.15, 0.2) is 18.2 Å². The molecule has 0 saturated carbocycles. The number of hydrogen-bond donors (Lipinski definition) is 1. The monoisotopic (exact) mass is 328 g/mol. The van der Waals surface area contributed by atoms with E-state index < -0.39 is 17.0 Å². The highest BCUT2D eigenvalue weighted by atomic mass is 35.5. The topological polar surface area (TPSA) is 92.9 Å². The normalized spacial score (nSPS) is 17.1. The van der Waals surface area contributed by atoms with Crippen LogP contribution >= 0.6 is 11.6 Å². The van der Waals surface area contributed by atoms with Gasteiger partial charge in [0.25, 0.3) is 5.69 Å². The average molecular weight is 329 g/mol. The molecule has 120 valence electrons. The number of carbonyl (C=O) groups excluding carboxylic acids is 1. The fourth-order valence-electron chi connectivity index (χ4n) is 2.64. The van der Waals surface area contributed by atoms with Crippen molar-refractivity contribution in [1.29, 1.82) is 0 Å². The number of halogens is 1. The van der Waals surface area contributed by atoms with Gasteiger partial charge in [-0.15, -0.1) is 0 Å². The molecule has 22 heavy (non-hydrogen) atoms. The van der Waals surface area contributed by atoms with E-state index in [-0.39, 0.29) is 11.6 Å². The first-order valence-electron chi connectivity index (χ1n) is 6.89. The molecule has 1 aliphatic rings. The lowest BCUT2D eigenvalue weighted by molar-refractivity contribution is -0.384. The fourth-order valence-corrected chi connectivity index (χ4v) is 2.93. The van der Waals surface area contributed by atoms with Gasteiger partial charge in [-0.1, -0.05) is 11.6 Å². The Labute approximate surface area is 132 Å². The molecule has 2 rings (SSSR count). The number of hydrogen-bond acceptors (Lipinski definition) is 6. The zero-order chi connectivity index (χ0) is 16.3. The molecule has 0 aromatic heterocycles. The van der Waals surface area contributed by atoms with Gasteiger partial charge in [0, 0.05) is 25.2 Å². The summed E-state index contributed by atoms with van der Waals surface area (Å²) in [6.07, 6.45) is 0.118. The molecular formula is C14H17ClN2O5. The number of methoxy groups -OCH3 is 1. The first-order valence-corrected chi connectivity index (χ1v) is 7.26. The van der Waals surface area contributed by atoms with E-state index in [9.17, 15) is 20.0 Å². The molecule has 1 aliphatic heterocycles. The summed E-state index contributed by atoms with van der Waals surface area (Å²) in [4.78, 5) is 23.6. The second kappa shape index (κ2) is 6.93. The van der Waals surface area contributed by atoms with Crippen LogP contribution < -0.4 is 4.90 Å². The summed E-state index contributed by atoms with van der Waals surface area (Å²) in [6, 6.07) is 4.36. The number of aliphatic hydroxyl groups is 1. The lowest BCUT2D eigenvalue weighted by Crippen LogP contribution is -2.41. The van der Waals surface area contributed by atoms with Gasteiger partial charge in [0.1, 0.15) is 0 Å². The molecule has 8 heteroatoms. The van der Waals surface area contributed by atoms with E-state index in [4.69, 9.17) is 11.6 Å². The highest BCUT2D eigenvalue weighted by Gasteiger charge is 2.31. The van der Waals surface area contributed by atoms with Gasteiger partial charge >= 0.3 is 5.97 Å². The Bertz CT molecular complexity index is 572. The Morgan fingerprint density at radius 3 is 2.64 bits per heavy atom. The van der Waals surface area contributed by atoms with E-state index in [1.54, 1.807) is 6.07 Å². The average Bonchev–Trinajstić information content (AvgIpc) is 2.53. The number of benzene rings is 1. The van der Waals surface area contributed by atoms with Gasteiger partial charge in [0.15, 0.2) is 6.10 Å². The number of nitro benzene ring substituents is 1. The summed E-state index contributed by atoms with van der Waals surface area (Å²) >= 11 is 6.11. The first kappa shape index (κ1) is 16.5. The van der Waals surface area contributed by atoms with Gasteiger partial charge in [-0.2, -0.15) is 0 Å². The molecule has 0 amide bonds. The zero-order valence-electron chi connectivity index (χ0n) is 12.1. The number of ether oxygens (including phenoxy) is 1. The zero-order valence-corrected chi connectivity index (χ0v) is 12.8. The Morgan fingerprint density at radius 1 is 1.50 bits per heavy atom. The van der Waals surface area contributed by atoms with Crippen molar-refractivity contribution in [2.24, 2.45) is 5.92 Å². The number of piperidine rings is 1. The van der Waals surface area contributed by atoms with Gasteiger partial charge in [0.05, 0.1) is 22.7 Å². The summed E-state index contributed by atoms with van der Waals surface area (Å²) < 4.78 is 4.54. The number of non-ortho nitro benzene ring substituents is 1. The fraction of sp³-hybridized carbons (Fsp3) is 0.500. The van der Waals surface area contributed by atoms with Crippen LogP contribution in [0.1, 0.15) is 12.8 Å². The van der Waals surface area contributed by atoms with Crippen LogP contribution in [-0.2, 0) is 9.53 Å². The van der Waals surface area contributed by atoms with E-state index in [1.807, 2.05) is 4.90 Å². The quantitative estimate of drug-likeness (QED) is 0.516. The molecule has 0 spiro atoms. The molecule has 1 unspecified atom stereocenters. The van der Waals surface area contributed by atoms with Crippen molar-refractivity contribution in [1.82, 2.24) is 0 Å². The Hall–Kier alpha value is -1.86. The number of carbonyl (C=O) groups is 1. The van der Waals surface area contributed by atoms with Crippen molar-refractivity contribution in [2.45, 2.75) is 18.9 Å². The molecule has 0 aliphatic carbocycles. The van der Waals surface area contributed by atoms with E-state index in [1.165, 1.54) is 19.2 Å². The number of anilines is 1. The minimum absolute atomic E-state index is 0.0512. The van der Waals surface area contributed by atoms with Crippen LogP contribution in [0, 0.1) is 16.0 Å². The molecule has 1 heterocycles. The SMILES string of the molecule is COC(=O)C(O)C1CCN(c2ccc([N+](=O)[O-])cc2Cl)CC1. The van der Waals surface area contributed by atoms with Gasteiger partial charge in [-0.05, 0) is 24.8 Å². The molecule has 0 bridgehead atoms. The summed E-state index contributed by atoms with van der Waals surface area (Å²) in [5, 5.41) is 20.9. The molecule has 1 aromatic carbocycles. The maximum absolute atomic E-state index is 11.3. The second-order valence-electron chi connectivity index (χ2n) is 5.19. The highest BCUT2D eigenvalue weighted by Crippen LogP contribution is 2.33. The molecule has 0 radical (unpaired) electrons. The van der Waals surface area contributed by atoms with Gasteiger partial charge in [-0.3, -0.25) is 10.1 Å². The van der Waals surface area contributed by atoms with Gasteiger partial charge in [0.2, 0.25) is 0 Å². The van der Waals surface area contributed by atoms with Crippen molar-refractivity contribution >= 4 is 28.9 Å². The lowest BCUT2D eigenvalue weighted by Gasteiger charge is -2.35. The minimum Gasteiger partial charge on any atom is -0.467 e. The lowest BCUT2D eigenvalue weighted by atomic mass is 9.91. The van der Waals surface area contributed by atoms with Gasteiger partial charge in [-0.25, -0.2) is 4.79 Å². The summed E-state index contributed by atoms with van der Waals surface area (Å²) in [5.74, 6) is -0.771. The van der Waals surface area contributed by atoms with Crippen LogP contribution in [0.2, 0.25) is 5.02 Å². The van der Waals surface area contributed by atoms with Crippen LogP contribution in [-0.4, -0.2) is 42.3 Å². The maximum atomic E-state index is 11.3. The van der Waals surface area contributed by atoms with E-state index in [2.05, 4.69) is 4.74 Å². The van der Waals surface area contributed by atoms with Crippen molar-refractivity contribution in [3.63, 3.8) is 0 Å². The molecule has 1 N–H and O–H groups in total. The first-order chi connectivity index (χ1) is 10.4. The predicted octanol–water partition coefficient (Wildman–Crippen LogP) is 2.00. The minimum atomic E-state index is -1.11. The van der Waals surface area contributed by atoms with E-state index in [0.29, 0.717) is 31.0 Å². The van der Waals surface area contributed by atoms with Crippen LogP contribution in [0.4, 0.5) is 11.4 Å². The van der Waals surface area contributed by atoms with Crippen molar-refractivity contribution in [2.75, 3.05) is 25.1 Å². The second-order valence-corrected chi connectivity index (χ2v) is 5.59. The number of nitro groups is 1. The third kappa shape index (κ3) is 3.48. The summed E-state index contributed by atoms with van der Waals surface area (Å²) in [6.45, 7) is 1.21. The third-order valence-corrected chi connectivity index (χ3v) is 4.21. The standard InChI is InChI=1S/C14H17ClN2O5/c1-22-14(19)13(18)9-4-6-16(7-5-9)12-3-2-10(17(20)21)8-11(12)15/h2-3,8-9,13,18H,4-7H2,1H3. The molecule has 1 aromatic rings. The molecule has 1 fully saturated rings. The van der Waals surface area contributed by atoms with Crippen molar-refractivity contribution in [3.05, 3.63) is 33.3 Å². The molecule has 1 atom stereocenters. The Balaban J connectivity index is 2.03. The van der Waals surface area contributed by atoms with E-state index in [0.717, 1.165) is 5.69 Å². The largest absolute Gasteiger partial charge is 0.467 e. The predicted molar refractivity (Wildman–Crippen MR) is 81.1 cm³/mol. The maximum Gasteiger partial charge on any atom is 0.334 e. The van der Waals surface area contributed by atoms with Gasteiger partial charge < -0.3 is 14.7 Å². The van der Waals surface area contributed by atoms with Crippen LogP contribution in [0.3, 0.4) is 0 Å². The smallest absolute Gasteiger partial charge is 0.334 e. The number of nitrogens with zero attached hydrogens (tertiary/aromatic N) is 2. The Kier molecular flexibility index (Phi) is 5.20. The molecular weight excluding hydrogens is 312 g/mol. The van der Waals surface area contributed by atoms with Crippen molar-refractivity contribution in [3.8, 4) is 0 Å². The van der Waals surface area contributed by atoms with E-state index >= 15 is 0 Å². The van der Waals surface area contributed by atoms with Crippen LogP contribution in [0.5, 0.6) is 0 Å². The Morgan fingerprint density at radius 2 is 2.14 bits per heavy atom. The third-order valence-electron chi connectivity index (χ3n) is 3.91. The van der Waals surface area contributed by atoms with Crippen LogP contribution in [0.25, 0.3) is 0 Å². The number of aliphatic hydroxyl groups excluding tert-OH is 1. The summed E-state index contributed by atoms with van der Waals surface area (Å²) in [7, 11) is 1.25. The molecule has 7 nitrogen and oxygen atoms in total. The number of rotatable bonds is 4.